The van der Waals surface area contributed by atoms with Gasteiger partial charge in [0, 0.05) is 31.3 Å². The van der Waals surface area contributed by atoms with Crippen LogP contribution in [0.4, 0.5) is 5.69 Å². The third kappa shape index (κ3) is 4.91. The lowest BCUT2D eigenvalue weighted by molar-refractivity contribution is -0.898. The maximum absolute atomic E-state index is 11.5. The second kappa shape index (κ2) is 8.60. The number of nitro benzene ring substituents is 1. The van der Waals surface area contributed by atoms with E-state index in [1.54, 1.807) is 0 Å². The average molecular weight is 353 g/mol. The number of rotatable bonds is 6. The topological polar surface area (TPSA) is 73.9 Å². The first-order valence-corrected chi connectivity index (χ1v) is 8.83. The van der Waals surface area contributed by atoms with E-state index in [9.17, 15) is 15.2 Å². The molecule has 2 aromatic carbocycles. The third-order valence-electron chi connectivity index (χ3n) is 4.72. The fourth-order valence-electron chi connectivity index (χ4n) is 3.26. The second-order valence-electron chi connectivity index (χ2n) is 6.59. The summed E-state index contributed by atoms with van der Waals surface area (Å²) in [5.74, 6) is -0.180. The van der Waals surface area contributed by atoms with Crippen LogP contribution in [0.15, 0.2) is 54.6 Å². The molecule has 0 unspecified atom stereocenters. The van der Waals surface area contributed by atoms with E-state index < -0.39 is 4.92 Å². The summed E-state index contributed by atoms with van der Waals surface area (Å²) in [6.07, 6.45) is 4.34. The van der Waals surface area contributed by atoms with Gasteiger partial charge in [-0.1, -0.05) is 48.5 Å². The van der Waals surface area contributed by atoms with Gasteiger partial charge in [-0.2, -0.15) is 0 Å². The molecule has 1 fully saturated rings. The molecule has 6 heteroatoms. The minimum Gasteiger partial charge on any atom is -0.872 e. The van der Waals surface area contributed by atoms with Crippen molar-refractivity contribution in [3.8, 4) is 5.75 Å². The molecule has 0 bridgehead atoms. The Kier molecular flexibility index (Phi) is 5.99. The summed E-state index contributed by atoms with van der Waals surface area (Å²) < 4.78 is 0. The Hall–Kier alpha value is -2.70. The summed E-state index contributed by atoms with van der Waals surface area (Å²) in [5.41, 5.74) is 1.75. The molecule has 0 spiro atoms. The van der Waals surface area contributed by atoms with Crippen molar-refractivity contribution in [3.63, 3.8) is 0 Å². The predicted molar refractivity (Wildman–Crippen MR) is 98.9 cm³/mol. The summed E-state index contributed by atoms with van der Waals surface area (Å²) >= 11 is 0. The highest BCUT2D eigenvalue weighted by atomic mass is 16.6. The fraction of sp³-hybridized carbons (Fsp3) is 0.300. The number of nitrogens with one attached hydrogen (secondary N) is 1. The van der Waals surface area contributed by atoms with Crippen molar-refractivity contribution in [3.05, 3.63) is 75.8 Å². The zero-order valence-corrected chi connectivity index (χ0v) is 14.6. The van der Waals surface area contributed by atoms with Crippen LogP contribution >= 0.6 is 0 Å². The van der Waals surface area contributed by atoms with Crippen molar-refractivity contribution in [1.82, 2.24) is 4.90 Å². The van der Waals surface area contributed by atoms with E-state index in [0.717, 1.165) is 32.7 Å². The predicted octanol–water partition coefficient (Wildman–Crippen LogP) is 1.08. The summed E-state index contributed by atoms with van der Waals surface area (Å²) in [4.78, 5) is 14.4. The second-order valence-corrected chi connectivity index (χ2v) is 6.59. The molecule has 3 rings (SSSR count). The molecule has 6 nitrogen and oxygen atoms in total. The number of hydrogen-bond acceptors (Lipinski definition) is 4. The van der Waals surface area contributed by atoms with Crippen LogP contribution in [0.3, 0.4) is 0 Å². The molecule has 1 heterocycles. The first-order chi connectivity index (χ1) is 12.6. The van der Waals surface area contributed by atoms with Gasteiger partial charge >= 0.3 is 0 Å². The quantitative estimate of drug-likeness (QED) is 0.623. The van der Waals surface area contributed by atoms with E-state index in [1.165, 1.54) is 28.7 Å². The van der Waals surface area contributed by atoms with Gasteiger partial charge < -0.3 is 10.0 Å². The van der Waals surface area contributed by atoms with Crippen molar-refractivity contribution in [2.75, 3.05) is 32.7 Å². The molecule has 0 aromatic heterocycles. The van der Waals surface area contributed by atoms with E-state index in [1.807, 2.05) is 18.2 Å². The number of nitrogens with zero attached hydrogens (tertiary/aromatic N) is 2. The van der Waals surface area contributed by atoms with Crippen LogP contribution in [0.5, 0.6) is 5.75 Å². The minimum absolute atomic E-state index is 0.0326. The van der Waals surface area contributed by atoms with Crippen LogP contribution in [0.25, 0.3) is 6.08 Å². The highest BCUT2D eigenvalue weighted by molar-refractivity contribution is 5.48. The van der Waals surface area contributed by atoms with Crippen molar-refractivity contribution in [2.45, 2.75) is 6.54 Å². The lowest BCUT2D eigenvalue weighted by Gasteiger charge is -2.31. The molecule has 0 radical (unpaired) electrons. The molecule has 1 saturated heterocycles. The molecular formula is C20H23N3O3. The number of quaternary nitrogens is 1. The summed E-state index contributed by atoms with van der Waals surface area (Å²) in [7, 11) is 0. The molecule has 1 aliphatic rings. The molecule has 1 aliphatic heterocycles. The van der Waals surface area contributed by atoms with Gasteiger partial charge in [0.15, 0.2) is 0 Å². The van der Waals surface area contributed by atoms with Crippen molar-refractivity contribution >= 4 is 11.8 Å². The maximum atomic E-state index is 11.5. The van der Waals surface area contributed by atoms with E-state index in [4.69, 9.17) is 0 Å². The smallest absolute Gasteiger partial charge is 0.273 e. The van der Waals surface area contributed by atoms with E-state index in [0.29, 0.717) is 12.1 Å². The van der Waals surface area contributed by atoms with Gasteiger partial charge in [0.05, 0.1) is 24.6 Å². The third-order valence-corrected chi connectivity index (χ3v) is 4.72. The van der Waals surface area contributed by atoms with Gasteiger partial charge in [0.1, 0.15) is 0 Å². The Labute approximate surface area is 153 Å². The largest absolute Gasteiger partial charge is 0.872 e. The van der Waals surface area contributed by atoms with Crippen molar-refractivity contribution in [2.24, 2.45) is 0 Å². The fourth-order valence-corrected chi connectivity index (χ4v) is 3.26. The molecule has 26 heavy (non-hydrogen) atoms. The summed E-state index contributed by atoms with van der Waals surface area (Å²) in [6.45, 7) is 5.15. The van der Waals surface area contributed by atoms with Gasteiger partial charge in [-0.15, -0.1) is 5.75 Å². The van der Waals surface area contributed by atoms with E-state index in [2.05, 4.69) is 29.2 Å². The molecule has 0 aliphatic carbocycles. The van der Waals surface area contributed by atoms with Crippen LogP contribution < -0.4 is 10.0 Å². The lowest BCUT2D eigenvalue weighted by Crippen LogP contribution is -3.14. The zero-order chi connectivity index (χ0) is 18.4. The van der Waals surface area contributed by atoms with E-state index in [-0.39, 0.29) is 11.4 Å². The Balaban J connectivity index is 1.51. The molecule has 136 valence electrons. The van der Waals surface area contributed by atoms with Crippen LogP contribution in [-0.2, 0) is 6.54 Å². The van der Waals surface area contributed by atoms with Gasteiger partial charge in [-0.05, 0) is 11.6 Å². The number of hydrogen-bond donors (Lipinski definition) is 1. The molecule has 0 saturated carbocycles. The average Bonchev–Trinajstić information content (AvgIpc) is 2.64. The monoisotopic (exact) mass is 353 g/mol. The Morgan fingerprint density at radius 1 is 1.12 bits per heavy atom. The normalized spacial score (nSPS) is 16.2. The first-order valence-electron chi connectivity index (χ1n) is 8.83. The number of nitro groups is 1. The van der Waals surface area contributed by atoms with Gasteiger partial charge in [-0.3, -0.25) is 15.0 Å². The van der Waals surface area contributed by atoms with Crippen LogP contribution in [0, 0.1) is 10.1 Å². The van der Waals surface area contributed by atoms with Crippen LogP contribution in [-0.4, -0.2) is 42.5 Å². The Bertz CT molecular complexity index is 769. The Morgan fingerprint density at radius 2 is 1.85 bits per heavy atom. The minimum atomic E-state index is -0.412. The van der Waals surface area contributed by atoms with Crippen LogP contribution in [0.1, 0.15) is 11.1 Å². The molecule has 0 atom stereocenters. The van der Waals surface area contributed by atoms with Crippen LogP contribution in [0.2, 0.25) is 0 Å². The van der Waals surface area contributed by atoms with E-state index >= 15 is 0 Å². The Morgan fingerprint density at radius 3 is 2.54 bits per heavy atom. The van der Waals surface area contributed by atoms with Crippen molar-refractivity contribution in [1.29, 1.82) is 0 Å². The number of piperazine rings is 1. The molecule has 2 aromatic rings. The van der Waals surface area contributed by atoms with Gasteiger partial charge in [-0.25, -0.2) is 0 Å². The SMILES string of the molecule is O=[N+]([O-])c1ccc([O-])cc1CN1CC[NH+](C/C=C/c2ccccc2)CC1. The first kappa shape index (κ1) is 18.1. The maximum Gasteiger partial charge on any atom is 0.273 e. The summed E-state index contributed by atoms with van der Waals surface area (Å²) in [6, 6.07) is 14.2. The standard InChI is InChI=1S/C20H23N3O3/c24-19-8-9-20(23(25)26)18(15-19)16-22-13-11-21(12-14-22)10-4-7-17-5-2-1-3-6-17/h1-9,15,24H,10-14,16H2/b7-4+. The number of benzene rings is 2. The van der Waals surface area contributed by atoms with Gasteiger partial charge in [0.2, 0.25) is 0 Å². The molecule has 1 N–H and O–H groups in total. The highest BCUT2D eigenvalue weighted by Crippen LogP contribution is 2.23. The van der Waals surface area contributed by atoms with Crippen molar-refractivity contribution < 1.29 is 14.9 Å². The highest BCUT2D eigenvalue weighted by Gasteiger charge is 2.22. The lowest BCUT2D eigenvalue weighted by atomic mass is 10.1. The molecular weight excluding hydrogens is 330 g/mol. The molecule has 0 amide bonds. The zero-order valence-electron chi connectivity index (χ0n) is 14.6. The summed E-state index contributed by atoms with van der Waals surface area (Å²) in [5, 5.41) is 22.7. The van der Waals surface area contributed by atoms with Gasteiger partial charge in [0.25, 0.3) is 5.69 Å².